The normalized spacial score (nSPS) is 10.5. The number of aryl methyl sites for hydroxylation is 1. The second kappa shape index (κ2) is 5.80. The van der Waals surface area contributed by atoms with Gasteiger partial charge in [-0.05, 0) is 12.5 Å². The zero-order valence-corrected chi connectivity index (χ0v) is 10.7. The zero-order chi connectivity index (χ0) is 12.1. The van der Waals surface area contributed by atoms with Crippen LogP contribution < -0.4 is 10.5 Å². The van der Waals surface area contributed by atoms with Gasteiger partial charge in [-0.2, -0.15) is 0 Å². The van der Waals surface area contributed by atoms with Gasteiger partial charge in [-0.1, -0.05) is 25.1 Å². The molecule has 0 atom stereocenters. The Balaban J connectivity index is 2.01. The lowest BCUT2D eigenvalue weighted by atomic mass is 10.2. The Morgan fingerprint density at radius 2 is 2.18 bits per heavy atom. The van der Waals surface area contributed by atoms with E-state index in [9.17, 15) is 0 Å². The van der Waals surface area contributed by atoms with Crippen LogP contribution in [-0.2, 0) is 19.6 Å². The molecule has 2 rings (SSSR count). The van der Waals surface area contributed by atoms with Crippen LogP contribution in [0.3, 0.4) is 0 Å². The fourth-order valence-corrected chi connectivity index (χ4v) is 2.27. The Bertz CT molecular complexity index is 482. The summed E-state index contributed by atoms with van der Waals surface area (Å²) in [5, 5.41) is 3.19. The molecular formula is C13H16N2OS. The Morgan fingerprint density at radius 3 is 2.88 bits per heavy atom. The maximum Gasteiger partial charge on any atom is 0.131 e. The van der Waals surface area contributed by atoms with E-state index in [-0.39, 0.29) is 0 Å². The third-order valence-electron chi connectivity index (χ3n) is 2.47. The highest BCUT2D eigenvalue weighted by molar-refractivity contribution is 7.09. The topological polar surface area (TPSA) is 48.1 Å². The van der Waals surface area contributed by atoms with Crippen molar-refractivity contribution >= 4 is 11.3 Å². The predicted octanol–water partition coefficient (Wildman–Crippen LogP) is 2.74. The number of benzene rings is 1. The minimum Gasteiger partial charge on any atom is -0.487 e. The molecule has 1 aromatic carbocycles. The van der Waals surface area contributed by atoms with Crippen LogP contribution in [0.4, 0.5) is 0 Å². The minimum atomic E-state index is 0.494. The SMILES string of the molecule is CCc1nc(COc2ccccc2CN)cs1. The van der Waals surface area contributed by atoms with Crippen molar-refractivity contribution in [1.82, 2.24) is 4.98 Å². The van der Waals surface area contributed by atoms with Crippen LogP contribution in [0.1, 0.15) is 23.2 Å². The molecule has 0 bridgehead atoms. The molecule has 2 N–H and O–H groups in total. The van der Waals surface area contributed by atoms with Crippen molar-refractivity contribution in [3.63, 3.8) is 0 Å². The number of ether oxygens (including phenoxy) is 1. The second-order valence-electron chi connectivity index (χ2n) is 3.69. The van der Waals surface area contributed by atoms with Crippen LogP contribution >= 0.6 is 11.3 Å². The molecule has 0 aliphatic rings. The summed E-state index contributed by atoms with van der Waals surface area (Å²) >= 11 is 1.68. The molecule has 0 aliphatic carbocycles. The van der Waals surface area contributed by atoms with Gasteiger partial charge in [0.25, 0.3) is 0 Å². The van der Waals surface area contributed by atoms with Crippen molar-refractivity contribution < 1.29 is 4.74 Å². The molecule has 1 aromatic heterocycles. The lowest BCUT2D eigenvalue weighted by Crippen LogP contribution is -2.02. The molecule has 0 spiro atoms. The number of hydrogen-bond acceptors (Lipinski definition) is 4. The summed E-state index contributed by atoms with van der Waals surface area (Å²) < 4.78 is 5.74. The van der Waals surface area contributed by atoms with Gasteiger partial charge in [-0.15, -0.1) is 11.3 Å². The molecule has 0 amide bonds. The number of thiazole rings is 1. The third kappa shape index (κ3) is 3.05. The Morgan fingerprint density at radius 1 is 1.35 bits per heavy atom. The Labute approximate surface area is 105 Å². The van der Waals surface area contributed by atoms with Gasteiger partial charge in [0, 0.05) is 17.5 Å². The Kier molecular flexibility index (Phi) is 4.12. The molecule has 90 valence electrons. The molecule has 0 aliphatic heterocycles. The highest BCUT2D eigenvalue weighted by Gasteiger charge is 2.04. The average Bonchev–Trinajstić information content (AvgIpc) is 2.84. The largest absolute Gasteiger partial charge is 0.487 e. The van der Waals surface area contributed by atoms with Crippen molar-refractivity contribution in [1.29, 1.82) is 0 Å². The van der Waals surface area contributed by atoms with Crippen LogP contribution in [-0.4, -0.2) is 4.98 Å². The zero-order valence-electron chi connectivity index (χ0n) is 9.85. The molecule has 17 heavy (non-hydrogen) atoms. The van der Waals surface area contributed by atoms with Gasteiger partial charge in [-0.25, -0.2) is 4.98 Å². The van der Waals surface area contributed by atoms with Crippen molar-refractivity contribution in [2.24, 2.45) is 5.73 Å². The first-order valence-corrected chi connectivity index (χ1v) is 6.55. The predicted molar refractivity (Wildman–Crippen MR) is 70.2 cm³/mol. The van der Waals surface area contributed by atoms with Crippen LogP contribution in [0.2, 0.25) is 0 Å². The fourth-order valence-electron chi connectivity index (χ4n) is 1.54. The van der Waals surface area contributed by atoms with Crippen LogP contribution in [0.5, 0.6) is 5.75 Å². The van der Waals surface area contributed by atoms with E-state index in [1.54, 1.807) is 11.3 Å². The van der Waals surface area contributed by atoms with Gasteiger partial charge in [0.05, 0.1) is 10.7 Å². The van der Waals surface area contributed by atoms with E-state index in [0.29, 0.717) is 13.2 Å². The maximum absolute atomic E-state index is 5.74. The molecule has 3 nitrogen and oxygen atoms in total. The number of nitrogens with two attached hydrogens (primary N) is 1. The summed E-state index contributed by atoms with van der Waals surface area (Å²) in [6.07, 6.45) is 0.976. The standard InChI is InChI=1S/C13H16N2OS/c1-2-13-15-11(9-17-13)8-16-12-6-4-3-5-10(12)7-14/h3-6,9H,2,7-8,14H2,1H3. The smallest absolute Gasteiger partial charge is 0.131 e. The summed E-state index contributed by atoms with van der Waals surface area (Å²) in [6, 6.07) is 7.84. The van der Waals surface area contributed by atoms with Crippen LogP contribution in [0.15, 0.2) is 29.6 Å². The number of para-hydroxylation sites is 1. The molecule has 0 unspecified atom stereocenters. The molecule has 0 saturated carbocycles. The number of hydrogen-bond donors (Lipinski definition) is 1. The van der Waals surface area contributed by atoms with Gasteiger partial charge >= 0.3 is 0 Å². The lowest BCUT2D eigenvalue weighted by Gasteiger charge is -2.08. The summed E-state index contributed by atoms with van der Waals surface area (Å²) in [7, 11) is 0. The minimum absolute atomic E-state index is 0.494. The molecule has 0 radical (unpaired) electrons. The highest BCUT2D eigenvalue weighted by atomic mass is 32.1. The van der Waals surface area contributed by atoms with Crippen molar-refractivity contribution in [2.75, 3.05) is 0 Å². The van der Waals surface area contributed by atoms with Gasteiger partial charge in [0.15, 0.2) is 0 Å². The van der Waals surface area contributed by atoms with Gasteiger partial charge in [-0.3, -0.25) is 0 Å². The van der Waals surface area contributed by atoms with Gasteiger partial charge in [0.2, 0.25) is 0 Å². The van der Waals surface area contributed by atoms with E-state index in [2.05, 4.69) is 11.9 Å². The molecular weight excluding hydrogens is 232 g/mol. The molecule has 0 saturated heterocycles. The van der Waals surface area contributed by atoms with E-state index in [4.69, 9.17) is 10.5 Å². The molecule has 0 fully saturated rings. The molecule has 4 heteroatoms. The van der Waals surface area contributed by atoms with E-state index in [0.717, 1.165) is 28.4 Å². The van der Waals surface area contributed by atoms with Gasteiger partial charge < -0.3 is 10.5 Å². The highest BCUT2D eigenvalue weighted by Crippen LogP contribution is 2.19. The molecule has 2 aromatic rings. The quantitative estimate of drug-likeness (QED) is 0.885. The average molecular weight is 248 g/mol. The maximum atomic E-state index is 5.74. The summed E-state index contributed by atoms with van der Waals surface area (Å²) in [6.45, 7) is 3.11. The first kappa shape index (κ1) is 12.1. The third-order valence-corrected chi connectivity index (χ3v) is 3.51. The first-order valence-electron chi connectivity index (χ1n) is 5.67. The summed E-state index contributed by atoms with van der Waals surface area (Å²) in [5.74, 6) is 0.848. The molecule has 1 heterocycles. The second-order valence-corrected chi connectivity index (χ2v) is 4.63. The van der Waals surface area contributed by atoms with E-state index < -0.39 is 0 Å². The summed E-state index contributed by atoms with van der Waals surface area (Å²) in [4.78, 5) is 4.46. The monoisotopic (exact) mass is 248 g/mol. The number of nitrogens with zero attached hydrogens (tertiary/aromatic N) is 1. The number of aromatic nitrogens is 1. The number of rotatable bonds is 5. The van der Waals surface area contributed by atoms with E-state index >= 15 is 0 Å². The van der Waals surface area contributed by atoms with Crippen molar-refractivity contribution in [3.05, 3.63) is 45.9 Å². The van der Waals surface area contributed by atoms with Gasteiger partial charge in [0.1, 0.15) is 12.4 Å². The van der Waals surface area contributed by atoms with E-state index in [1.165, 1.54) is 0 Å². The van der Waals surface area contributed by atoms with Crippen molar-refractivity contribution in [2.45, 2.75) is 26.5 Å². The lowest BCUT2D eigenvalue weighted by molar-refractivity contribution is 0.299. The first-order chi connectivity index (χ1) is 8.33. The van der Waals surface area contributed by atoms with Crippen LogP contribution in [0, 0.1) is 0 Å². The Hall–Kier alpha value is -1.39. The van der Waals surface area contributed by atoms with Crippen molar-refractivity contribution in [3.8, 4) is 5.75 Å². The summed E-state index contributed by atoms with van der Waals surface area (Å²) in [5.41, 5.74) is 7.66. The van der Waals surface area contributed by atoms with E-state index in [1.807, 2.05) is 29.6 Å². The van der Waals surface area contributed by atoms with Crippen LogP contribution in [0.25, 0.3) is 0 Å². The fraction of sp³-hybridized carbons (Fsp3) is 0.308.